The summed E-state index contributed by atoms with van der Waals surface area (Å²) in [4.78, 5) is 11.3. The predicted molar refractivity (Wildman–Crippen MR) is 103 cm³/mol. The molecule has 1 aromatic carbocycles. The van der Waals surface area contributed by atoms with E-state index in [9.17, 15) is 0 Å². The van der Waals surface area contributed by atoms with E-state index in [0.29, 0.717) is 12.6 Å². The van der Waals surface area contributed by atoms with Crippen LogP contribution in [0.3, 0.4) is 0 Å². The van der Waals surface area contributed by atoms with E-state index in [-0.39, 0.29) is 0 Å². The molecule has 1 aliphatic heterocycles. The zero-order chi connectivity index (χ0) is 18.5. The maximum Gasteiger partial charge on any atom is 0.172 e. The van der Waals surface area contributed by atoms with Crippen LogP contribution >= 0.6 is 0 Å². The Labute approximate surface area is 160 Å². The number of piperidine rings is 1. The summed E-state index contributed by atoms with van der Waals surface area (Å²) in [5.41, 5.74) is 1.24. The highest BCUT2D eigenvalue weighted by Crippen LogP contribution is 2.19. The van der Waals surface area contributed by atoms with Crippen LogP contribution in [0.1, 0.15) is 42.9 Å². The number of hydrogen-bond donors (Lipinski definition) is 0. The lowest BCUT2D eigenvalue weighted by atomic mass is 9.98. The molecule has 7 nitrogen and oxygen atoms in total. The first-order chi connectivity index (χ1) is 13.3. The maximum absolute atomic E-state index is 4.84. The second-order valence-corrected chi connectivity index (χ2v) is 7.35. The first-order valence-corrected chi connectivity index (χ1v) is 9.77. The van der Waals surface area contributed by atoms with E-state index in [0.717, 1.165) is 31.0 Å². The molecule has 3 aromatic rings. The Morgan fingerprint density at radius 2 is 2.00 bits per heavy atom. The molecule has 2 aromatic heterocycles. The quantitative estimate of drug-likeness (QED) is 0.643. The van der Waals surface area contributed by atoms with Gasteiger partial charge in [0.1, 0.15) is 25.0 Å². The zero-order valence-electron chi connectivity index (χ0n) is 15.9. The molecule has 1 aliphatic rings. The highest BCUT2D eigenvalue weighted by molar-refractivity contribution is 5.15. The highest BCUT2D eigenvalue weighted by atomic mass is 15.4. The van der Waals surface area contributed by atoms with Crippen LogP contribution in [0.15, 0.2) is 43.0 Å². The van der Waals surface area contributed by atoms with Gasteiger partial charge in [-0.1, -0.05) is 36.8 Å². The van der Waals surface area contributed by atoms with Gasteiger partial charge in [-0.2, -0.15) is 10.2 Å². The van der Waals surface area contributed by atoms with Gasteiger partial charge in [0.2, 0.25) is 0 Å². The molecule has 4 rings (SSSR count). The summed E-state index contributed by atoms with van der Waals surface area (Å²) >= 11 is 0. The summed E-state index contributed by atoms with van der Waals surface area (Å²) in [6, 6.07) is 11.1. The third-order valence-electron chi connectivity index (χ3n) is 5.36. The van der Waals surface area contributed by atoms with Crippen LogP contribution in [0, 0.1) is 0 Å². The van der Waals surface area contributed by atoms with Crippen LogP contribution in [-0.4, -0.2) is 54.1 Å². The Morgan fingerprint density at radius 1 is 1.11 bits per heavy atom. The number of nitrogens with zero attached hydrogens (tertiary/aromatic N) is 7. The third kappa shape index (κ3) is 4.60. The number of aryl methyl sites for hydroxylation is 1. The first kappa shape index (κ1) is 17.9. The molecular weight excluding hydrogens is 338 g/mol. The van der Waals surface area contributed by atoms with Crippen molar-refractivity contribution >= 4 is 0 Å². The van der Waals surface area contributed by atoms with Gasteiger partial charge in [0.15, 0.2) is 5.82 Å². The average molecular weight is 365 g/mol. The van der Waals surface area contributed by atoms with Crippen LogP contribution < -0.4 is 0 Å². The van der Waals surface area contributed by atoms with Gasteiger partial charge in [-0.3, -0.25) is 0 Å². The summed E-state index contributed by atoms with van der Waals surface area (Å²) in [5.74, 6) is 1.86. The Kier molecular flexibility index (Phi) is 5.58. The average Bonchev–Trinajstić information content (AvgIpc) is 3.32. The third-order valence-corrected chi connectivity index (χ3v) is 5.36. The van der Waals surface area contributed by atoms with Crippen LogP contribution in [0.4, 0.5) is 0 Å². The van der Waals surface area contributed by atoms with Crippen molar-refractivity contribution in [2.75, 3.05) is 13.6 Å². The first-order valence-electron chi connectivity index (χ1n) is 9.77. The van der Waals surface area contributed by atoms with E-state index in [2.05, 4.69) is 51.0 Å². The lowest BCUT2D eigenvalue weighted by Gasteiger charge is -2.32. The molecule has 3 heterocycles. The van der Waals surface area contributed by atoms with Gasteiger partial charge < -0.3 is 4.90 Å². The summed E-state index contributed by atoms with van der Waals surface area (Å²) in [7, 11) is 2.24. The molecule has 0 aliphatic carbocycles. The smallest absolute Gasteiger partial charge is 0.172 e. The summed E-state index contributed by atoms with van der Waals surface area (Å²) in [6.45, 7) is 2.51. The van der Waals surface area contributed by atoms with Crippen molar-refractivity contribution in [1.82, 2.24) is 34.4 Å². The second-order valence-electron chi connectivity index (χ2n) is 7.35. The van der Waals surface area contributed by atoms with Gasteiger partial charge in [-0.15, -0.1) is 0 Å². The summed E-state index contributed by atoms with van der Waals surface area (Å²) < 4.78 is 3.82. The highest BCUT2D eigenvalue weighted by Gasteiger charge is 2.20. The maximum atomic E-state index is 4.84. The fraction of sp³-hybridized carbons (Fsp3) is 0.500. The Balaban J connectivity index is 1.50. The number of benzene rings is 1. The van der Waals surface area contributed by atoms with Gasteiger partial charge in [0, 0.05) is 12.5 Å². The zero-order valence-corrected chi connectivity index (χ0v) is 15.9. The van der Waals surface area contributed by atoms with E-state index < -0.39 is 0 Å². The van der Waals surface area contributed by atoms with Crippen LogP contribution in [-0.2, 0) is 19.5 Å². The number of rotatable bonds is 7. The van der Waals surface area contributed by atoms with Crippen molar-refractivity contribution in [2.45, 2.75) is 51.2 Å². The largest absolute Gasteiger partial charge is 0.303 e. The van der Waals surface area contributed by atoms with E-state index in [1.807, 2.05) is 6.07 Å². The van der Waals surface area contributed by atoms with Crippen molar-refractivity contribution < 1.29 is 0 Å². The van der Waals surface area contributed by atoms with E-state index >= 15 is 0 Å². The molecule has 7 heteroatoms. The molecule has 0 N–H and O–H groups in total. The van der Waals surface area contributed by atoms with Gasteiger partial charge in [0.05, 0.1) is 6.54 Å². The minimum absolute atomic E-state index is 0.554. The lowest BCUT2D eigenvalue weighted by Crippen LogP contribution is -2.36. The standard InChI is InChI=1S/C20H27N7/c1-25-12-6-5-9-18(25)10-11-20-23-19(14-26-16-21-15-22-26)24-27(20)13-17-7-3-2-4-8-17/h2-4,7-8,15-16,18H,5-6,9-14H2,1H3. The van der Waals surface area contributed by atoms with Gasteiger partial charge in [-0.05, 0) is 38.4 Å². The second kappa shape index (κ2) is 8.43. The van der Waals surface area contributed by atoms with E-state index in [1.165, 1.54) is 31.4 Å². The molecule has 1 atom stereocenters. The summed E-state index contributed by atoms with van der Waals surface area (Å²) in [5, 5.41) is 8.94. The molecule has 0 radical (unpaired) electrons. The fourth-order valence-electron chi connectivity index (χ4n) is 3.82. The predicted octanol–water partition coefficient (Wildman–Crippen LogP) is 2.38. The number of aromatic nitrogens is 6. The Bertz CT molecular complexity index is 825. The topological polar surface area (TPSA) is 64.7 Å². The van der Waals surface area contributed by atoms with Crippen LogP contribution in [0.2, 0.25) is 0 Å². The minimum Gasteiger partial charge on any atom is -0.303 e. The Morgan fingerprint density at radius 3 is 2.78 bits per heavy atom. The summed E-state index contributed by atoms with van der Waals surface area (Å²) in [6.07, 6.45) is 9.27. The molecule has 0 bridgehead atoms. The molecule has 0 saturated carbocycles. The van der Waals surface area contributed by atoms with Crippen molar-refractivity contribution in [3.8, 4) is 0 Å². The van der Waals surface area contributed by atoms with E-state index in [1.54, 1.807) is 17.3 Å². The fourth-order valence-corrected chi connectivity index (χ4v) is 3.82. The SMILES string of the molecule is CN1CCCCC1CCc1nc(Cn2cncn2)nn1Cc1ccccc1. The molecular formula is C20H27N7. The number of hydrogen-bond acceptors (Lipinski definition) is 5. The van der Waals surface area contributed by atoms with E-state index in [4.69, 9.17) is 10.1 Å². The van der Waals surface area contributed by atoms with Gasteiger partial charge >= 0.3 is 0 Å². The van der Waals surface area contributed by atoms with Crippen molar-refractivity contribution in [3.05, 3.63) is 60.2 Å². The van der Waals surface area contributed by atoms with Gasteiger partial charge in [-0.25, -0.2) is 19.3 Å². The normalized spacial score (nSPS) is 18.0. The monoisotopic (exact) mass is 365 g/mol. The molecule has 0 spiro atoms. The van der Waals surface area contributed by atoms with Crippen LogP contribution in [0.25, 0.3) is 0 Å². The molecule has 27 heavy (non-hydrogen) atoms. The Hall–Kier alpha value is -2.54. The molecule has 142 valence electrons. The van der Waals surface area contributed by atoms with Gasteiger partial charge in [0.25, 0.3) is 0 Å². The molecule has 1 unspecified atom stereocenters. The molecule has 0 amide bonds. The molecule has 1 fully saturated rings. The van der Waals surface area contributed by atoms with Crippen LogP contribution in [0.5, 0.6) is 0 Å². The van der Waals surface area contributed by atoms with Crippen molar-refractivity contribution in [2.24, 2.45) is 0 Å². The van der Waals surface area contributed by atoms with Crippen molar-refractivity contribution in [3.63, 3.8) is 0 Å². The molecule has 1 saturated heterocycles. The van der Waals surface area contributed by atoms with Crippen molar-refractivity contribution in [1.29, 1.82) is 0 Å². The number of likely N-dealkylation sites (tertiary alicyclic amines) is 1. The lowest BCUT2D eigenvalue weighted by molar-refractivity contribution is 0.175. The minimum atomic E-state index is 0.554.